The van der Waals surface area contributed by atoms with Gasteiger partial charge in [0.05, 0.1) is 21.9 Å². The van der Waals surface area contributed by atoms with Gasteiger partial charge in [0.2, 0.25) is 5.76 Å². The van der Waals surface area contributed by atoms with Crippen LogP contribution in [0.2, 0.25) is 0 Å². The van der Waals surface area contributed by atoms with Gasteiger partial charge in [-0.15, -0.1) is 0 Å². The molecule has 0 N–H and O–H groups in total. The van der Waals surface area contributed by atoms with Crippen molar-refractivity contribution in [3.63, 3.8) is 0 Å². The Labute approximate surface area is 182 Å². The molecule has 31 heavy (non-hydrogen) atoms. The van der Waals surface area contributed by atoms with E-state index in [9.17, 15) is 19.7 Å². The number of nitrogens with zero attached hydrogens (tertiary/aromatic N) is 3. The maximum atomic E-state index is 13.5. The first-order valence-electron chi connectivity index (χ1n) is 9.12. The van der Waals surface area contributed by atoms with Crippen molar-refractivity contribution in [2.75, 3.05) is 4.90 Å². The molecule has 9 nitrogen and oxygen atoms in total. The number of carbonyl (C=O) groups excluding carboxylic acids is 1. The van der Waals surface area contributed by atoms with Gasteiger partial charge in [-0.05, 0) is 30.7 Å². The average Bonchev–Trinajstić information content (AvgIpc) is 3.30. The molecule has 0 spiro atoms. The van der Waals surface area contributed by atoms with E-state index in [-0.39, 0.29) is 33.8 Å². The number of halogens is 1. The van der Waals surface area contributed by atoms with Crippen LogP contribution in [-0.4, -0.2) is 16.0 Å². The molecule has 0 unspecified atom stereocenters. The molecule has 0 aliphatic carbocycles. The van der Waals surface area contributed by atoms with Crippen LogP contribution in [0.5, 0.6) is 0 Å². The van der Waals surface area contributed by atoms with Crippen molar-refractivity contribution in [2.45, 2.75) is 13.0 Å². The predicted octanol–water partition coefficient (Wildman–Crippen LogP) is 4.51. The lowest BCUT2D eigenvalue weighted by Crippen LogP contribution is -2.29. The van der Waals surface area contributed by atoms with E-state index >= 15 is 0 Å². The number of aryl methyl sites for hydroxylation is 1. The number of hydrogen-bond acceptors (Lipinski definition) is 7. The SMILES string of the molecule is Cc1cc(N2C(=O)c3oc4ccc(Br)cc4c(=O)c3[C@H]2c2cccc([N+](=O)[O-])c2)no1. The summed E-state index contributed by atoms with van der Waals surface area (Å²) in [7, 11) is 0. The van der Waals surface area contributed by atoms with Gasteiger partial charge in [-0.3, -0.25) is 24.6 Å². The van der Waals surface area contributed by atoms with E-state index in [0.29, 0.717) is 15.8 Å². The summed E-state index contributed by atoms with van der Waals surface area (Å²) in [5.74, 6) is -0.0707. The van der Waals surface area contributed by atoms with Crippen LogP contribution in [0.25, 0.3) is 11.0 Å². The third-order valence-electron chi connectivity index (χ3n) is 5.09. The fourth-order valence-corrected chi connectivity index (χ4v) is 4.13. The zero-order chi connectivity index (χ0) is 21.9. The summed E-state index contributed by atoms with van der Waals surface area (Å²) in [6.07, 6.45) is 0. The molecule has 3 heterocycles. The Bertz CT molecular complexity index is 1460. The number of carbonyl (C=O) groups is 1. The van der Waals surface area contributed by atoms with E-state index in [1.165, 1.54) is 23.1 Å². The predicted molar refractivity (Wildman–Crippen MR) is 113 cm³/mol. The Balaban J connectivity index is 1.83. The van der Waals surface area contributed by atoms with Crippen molar-refractivity contribution in [2.24, 2.45) is 0 Å². The summed E-state index contributed by atoms with van der Waals surface area (Å²) in [6.45, 7) is 1.67. The molecule has 0 saturated heterocycles. The maximum absolute atomic E-state index is 13.5. The van der Waals surface area contributed by atoms with Gasteiger partial charge in [0.25, 0.3) is 11.6 Å². The van der Waals surface area contributed by atoms with Crippen molar-refractivity contribution in [1.29, 1.82) is 0 Å². The molecule has 0 bridgehead atoms. The first-order valence-corrected chi connectivity index (χ1v) is 9.92. The fraction of sp³-hybridized carbons (Fsp3) is 0.0952. The Morgan fingerprint density at radius 2 is 1.97 bits per heavy atom. The molecule has 0 radical (unpaired) electrons. The summed E-state index contributed by atoms with van der Waals surface area (Å²) < 4.78 is 11.6. The van der Waals surface area contributed by atoms with Gasteiger partial charge in [-0.25, -0.2) is 0 Å². The van der Waals surface area contributed by atoms with Crippen LogP contribution < -0.4 is 10.3 Å². The number of anilines is 1. The van der Waals surface area contributed by atoms with Crippen LogP contribution in [-0.2, 0) is 0 Å². The first-order chi connectivity index (χ1) is 14.8. The van der Waals surface area contributed by atoms with Crippen LogP contribution in [0, 0.1) is 17.0 Å². The van der Waals surface area contributed by atoms with E-state index < -0.39 is 22.3 Å². The summed E-state index contributed by atoms with van der Waals surface area (Å²) in [5, 5.41) is 15.5. The van der Waals surface area contributed by atoms with E-state index in [1.807, 2.05) is 0 Å². The number of hydrogen-bond donors (Lipinski definition) is 0. The maximum Gasteiger partial charge on any atom is 0.296 e. The largest absolute Gasteiger partial charge is 0.450 e. The molecule has 154 valence electrons. The standard InChI is InChI=1S/C21H12BrN3O6/c1-10-7-16(23-31-10)24-18(11-3-2-4-13(8-11)25(28)29)17-19(26)14-9-12(22)5-6-15(14)30-20(17)21(24)27/h2-9,18H,1H3/t18-/m1/s1. The summed E-state index contributed by atoms with van der Waals surface area (Å²) in [4.78, 5) is 38.9. The molecule has 4 aromatic rings. The molecule has 1 aliphatic heterocycles. The zero-order valence-corrected chi connectivity index (χ0v) is 17.5. The number of nitro benzene ring substituents is 1. The second-order valence-corrected chi connectivity index (χ2v) is 7.96. The average molecular weight is 482 g/mol. The number of benzene rings is 2. The smallest absolute Gasteiger partial charge is 0.296 e. The highest BCUT2D eigenvalue weighted by Crippen LogP contribution is 2.41. The molecule has 1 amide bonds. The van der Waals surface area contributed by atoms with E-state index in [1.54, 1.807) is 37.3 Å². The van der Waals surface area contributed by atoms with Crippen LogP contribution >= 0.6 is 15.9 Å². The molecule has 2 aromatic carbocycles. The van der Waals surface area contributed by atoms with Crippen molar-refractivity contribution in [3.8, 4) is 0 Å². The monoisotopic (exact) mass is 481 g/mol. The number of nitro groups is 1. The minimum Gasteiger partial charge on any atom is -0.450 e. The number of non-ortho nitro benzene ring substituents is 1. The summed E-state index contributed by atoms with van der Waals surface area (Å²) >= 11 is 3.34. The number of amides is 1. The van der Waals surface area contributed by atoms with Gasteiger partial charge in [0, 0.05) is 22.7 Å². The second-order valence-electron chi connectivity index (χ2n) is 7.04. The third kappa shape index (κ3) is 2.95. The van der Waals surface area contributed by atoms with Gasteiger partial charge >= 0.3 is 0 Å². The topological polar surface area (TPSA) is 120 Å². The van der Waals surface area contributed by atoms with Crippen molar-refractivity contribution in [1.82, 2.24) is 5.16 Å². The minimum atomic E-state index is -0.966. The lowest BCUT2D eigenvalue weighted by molar-refractivity contribution is -0.384. The Hall–Kier alpha value is -3.79. The minimum absolute atomic E-state index is 0.0942. The van der Waals surface area contributed by atoms with Crippen LogP contribution in [0.4, 0.5) is 11.5 Å². The van der Waals surface area contributed by atoms with E-state index in [2.05, 4.69) is 21.1 Å². The summed E-state index contributed by atoms with van der Waals surface area (Å²) in [6, 6.07) is 11.3. The quantitative estimate of drug-likeness (QED) is 0.311. The molecule has 1 aliphatic rings. The lowest BCUT2D eigenvalue weighted by Gasteiger charge is -2.22. The van der Waals surface area contributed by atoms with E-state index in [0.717, 1.165) is 0 Å². The first kappa shape index (κ1) is 19.2. The molecule has 5 rings (SSSR count). The van der Waals surface area contributed by atoms with E-state index in [4.69, 9.17) is 8.94 Å². The number of aromatic nitrogens is 1. The molecular weight excluding hydrogens is 470 g/mol. The van der Waals surface area contributed by atoms with Crippen LogP contribution in [0.15, 0.2) is 66.7 Å². The molecule has 1 atom stereocenters. The third-order valence-corrected chi connectivity index (χ3v) is 5.58. The van der Waals surface area contributed by atoms with Crippen molar-refractivity contribution in [3.05, 3.63) is 96.0 Å². The van der Waals surface area contributed by atoms with Crippen LogP contribution in [0.1, 0.15) is 33.5 Å². The number of rotatable bonds is 3. The van der Waals surface area contributed by atoms with Gasteiger partial charge < -0.3 is 8.94 Å². The molecule has 0 saturated carbocycles. The Morgan fingerprint density at radius 3 is 2.68 bits per heavy atom. The summed E-state index contributed by atoms with van der Waals surface area (Å²) in [5.41, 5.74) is 0.171. The van der Waals surface area contributed by atoms with Gasteiger partial charge in [0.1, 0.15) is 11.3 Å². The normalized spacial score (nSPS) is 15.5. The van der Waals surface area contributed by atoms with Gasteiger partial charge in [-0.1, -0.05) is 33.2 Å². The van der Waals surface area contributed by atoms with Crippen molar-refractivity contribution >= 4 is 44.3 Å². The molecule has 0 fully saturated rings. The highest BCUT2D eigenvalue weighted by atomic mass is 79.9. The Kier molecular flexibility index (Phi) is 4.26. The molecule has 10 heteroatoms. The number of fused-ring (bicyclic) bond motifs is 2. The lowest BCUT2D eigenvalue weighted by atomic mass is 9.98. The fourth-order valence-electron chi connectivity index (χ4n) is 3.77. The van der Waals surface area contributed by atoms with Gasteiger partial charge in [-0.2, -0.15) is 0 Å². The van der Waals surface area contributed by atoms with Crippen LogP contribution in [0.3, 0.4) is 0 Å². The highest BCUT2D eigenvalue weighted by Gasteiger charge is 2.45. The second kappa shape index (κ2) is 6.88. The molecule has 2 aromatic heterocycles. The zero-order valence-electron chi connectivity index (χ0n) is 15.9. The highest BCUT2D eigenvalue weighted by molar-refractivity contribution is 9.10. The molecular formula is C21H12BrN3O6. The van der Waals surface area contributed by atoms with Crippen molar-refractivity contribution < 1.29 is 18.7 Å². The van der Waals surface area contributed by atoms with Gasteiger partial charge in [0.15, 0.2) is 11.2 Å². The Morgan fingerprint density at radius 1 is 1.16 bits per heavy atom.